The van der Waals surface area contributed by atoms with Crippen molar-refractivity contribution in [3.05, 3.63) is 41.7 Å². The van der Waals surface area contributed by atoms with Gasteiger partial charge in [-0.1, -0.05) is 0 Å². The van der Waals surface area contributed by atoms with Crippen molar-refractivity contribution in [3.8, 4) is 17.2 Å². The maximum Gasteiger partial charge on any atom is 0.203 e. The van der Waals surface area contributed by atoms with Crippen LogP contribution in [0.25, 0.3) is 0 Å². The van der Waals surface area contributed by atoms with E-state index >= 15 is 0 Å². The average Bonchev–Trinajstić information content (AvgIpc) is 2.52. The van der Waals surface area contributed by atoms with Crippen molar-refractivity contribution in [2.24, 2.45) is 0 Å². The predicted octanol–water partition coefficient (Wildman–Crippen LogP) is 3.03. The van der Waals surface area contributed by atoms with Gasteiger partial charge >= 0.3 is 0 Å². The summed E-state index contributed by atoms with van der Waals surface area (Å²) in [6, 6.07) is 5.79. The summed E-state index contributed by atoms with van der Waals surface area (Å²) in [4.78, 5) is 4.12. The van der Waals surface area contributed by atoms with Gasteiger partial charge in [0.05, 0.1) is 33.2 Å². The Morgan fingerprint density at radius 2 is 1.76 bits per heavy atom. The van der Waals surface area contributed by atoms with E-state index in [9.17, 15) is 0 Å². The Hall–Kier alpha value is -2.43. The molecule has 0 aliphatic carbocycles. The quantitative estimate of drug-likeness (QED) is 0.885. The number of nitrogens with zero attached hydrogens (tertiary/aromatic N) is 1. The first-order valence-electron chi connectivity index (χ1n) is 6.63. The molecular formula is C16H20N2O3. The molecule has 5 nitrogen and oxygen atoms in total. The molecule has 0 bridgehead atoms. The van der Waals surface area contributed by atoms with E-state index in [2.05, 4.69) is 10.3 Å². The third-order valence-corrected chi connectivity index (χ3v) is 3.29. The number of ether oxygens (including phenoxy) is 3. The van der Waals surface area contributed by atoms with Crippen molar-refractivity contribution in [2.75, 3.05) is 26.6 Å². The van der Waals surface area contributed by atoms with Gasteiger partial charge in [-0.05, 0) is 30.7 Å². The van der Waals surface area contributed by atoms with Gasteiger partial charge in [-0.15, -0.1) is 0 Å². The zero-order valence-electron chi connectivity index (χ0n) is 12.8. The van der Waals surface area contributed by atoms with Gasteiger partial charge < -0.3 is 19.5 Å². The lowest BCUT2D eigenvalue weighted by Crippen LogP contribution is -2.05. The Morgan fingerprint density at radius 1 is 1.00 bits per heavy atom. The van der Waals surface area contributed by atoms with Crippen LogP contribution in [0.1, 0.15) is 11.1 Å². The number of nitrogens with one attached hydrogen (secondary N) is 1. The van der Waals surface area contributed by atoms with Gasteiger partial charge in [-0.2, -0.15) is 0 Å². The molecule has 0 unspecified atom stereocenters. The molecule has 1 aromatic heterocycles. The standard InChI is InChI=1S/C16H20N2O3/c1-11-7-8-17-10-13(11)18-9-12-5-6-14(19-2)16(21-4)15(12)20-3/h5-8,10,18H,9H2,1-4H3. The minimum atomic E-state index is 0.599. The minimum Gasteiger partial charge on any atom is -0.493 e. The van der Waals surface area contributed by atoms with E-state index in [0.717, 1.165) is 16.8 Å². The van der Waals surface area contributed by atoms with Crippen LogP contribution in [-0.4, -0.2) is 26.3 Å². The van der Waals surface area contributed by atoms with Gasteiger partial charge in [0.15, 0.2) is 11.5 Å². The molecular weight excluding hydrogens is 268 g/mol. The monoisotopic (exact) mass is 288 g/mol. The van der Waals surface area contributed by atoms with E-state index in [1.807, 2.05) is 31.3 Å². The van der Waals surface area contributed by atoms with Crippen LogP contribution in [0.5, 0.6) is 17.2 Å². The Labute approximate surface area is 124 Å². The highest BCUT2D eigenvalue weighted by Crippen LogP contribution is 2.39. The Bertz CT molecular complexity index is 614. The Balaban J connectivity index is 2.26. The van der Waals surface area contributed by atoms with E-state index < -0.39 is 0 Å². The van der Waals surface area contributed by atoms with E-state index in [0.29, 0.717) is 23.8 Å². The fourth-order valence-corrected chi connectivity index (χ4v) is 2.14. The molecule has 0 radical (unpaired) electrons. The summed E-state index contributed by atoms with van der Waals surface area (Å²) in [5.74, 6) is 1.92. The van der Waals surface area contributed by atoms with Gasteiger partial charge in [0.25, 0.3) is 0 Å². The molecule has 0 amide bonds. The zero-order valence-corrected chi connectivity index (χ0v) is 12.8. The van der Waals surface area contributed by atoms with E-state index in [1.165, 1.54) is 0 Å². The molecule has 1 aromatic carbocycles. The molecule has 0 fully saturated rings. The fourth-order valence-electron chi connectivity index (χ4n) is 2.14. The zero-order chi connectivity index (χ0) is 15.2. The minimum absolute atomic E-state index is 0.599. The largest absolute Gasteiger partial charge is 0.493 e. The van der Waals surface area contributed by atoms with Gasteiger partial charge in [-0.3, -0.25) is 4.98 Å². The highest BCUT2D eigenvalue weighted by atomic mass is 16.5. The van der Waals surface area contributed by atoms with Gasteiger partial charge in [0.2, 0.25) is 5.75 Å². The molecule has 1 heterocycles. The second-order valence-electron chi connectivity index (χ2n) is 4.54. The van der Waals surface area contributed by atoms with Crippen molar-refractivity contribution in [2.45, 2.75) is 13.5 Å². The molecule has 0 aliphatic heterocycles. The van der Waals surface area contributed by atoms with Crippen molar-refractivity contribution in [1.82, 2.24) is 4.98 Å². The average molecular weight is 288 g/mol. The highest BCUT2D eigenvalue weighted by Gasteiger charge is 2.15. The third-order valence-electron chi connectivity index (χ3n) is 3.29. The smallest absolute Gasteiger partial charge is 0.203 e. The highest BCUT2D eigenvalue weighted by molar-refractivity contribution is 5.57. The van der Waals surface area contributed by atoms with E-state index in [-0.39, 0.29) is 0 Å². The second-order valence-corrected chi connectivity index (χ2v) is 4.54. The second kappa shape index (κ2) is 6.83. The molecule has 2 rings (SSSR count). The molecule has 2 aromatic rings. The first kappa shape index (κ1) is 15.0. The number of aryl methyl sites for hydroxylation is 1. The van der Waals surface area contributed by atoms with Crippen LogP contribution in [0.15, 0.2) is 30.6 Å². The predicted molar refractivity (Wildman–Crippen MR) is 82.4 cm³/mol. The molecule has 112 valence electrons. The summed E-state index contributed by atoms with van der Waals surface area (Å²) in [5.41, 5.74) is 3.12. The number of methoxy groups -OCH3 is 3. The molecule has 5 heteroatoms. The third kappa shape index (κ3) is 3.18. The summed E-state index contributed by atoms with van der Waals surface area (Å²) in [7, 11) is 4.83. The van der Waals surface area contributed by atoms with Crippen molar-refractivity contribution < 1.29 is 14.2 Å². The van der Waals surface area contributed by atoms with Crippen LogP contribution in [0.4, 0.5) is 5.69 Å². The topological polar surface area (TPSA) is 52.6 Å². The van der Waals surface area contributed by atoms with Gasteiger partial charge in [0.1, 0.15) is 0 Å². The lowest BCUT2D eigenvalue weighted by molar-refractivity contribution is 0.322. The van der Waals surface area contributed by atoms with Crippen molar-refractivity contribution in [3.63, 3.8) is 0 Å². The van der Waals surface area contributed by atoms with Crippen LogP contribution >= 0.6 is 0 Å². The Morgan fingerprint density at radius 3 is 2.38 bits per heavy atom. The lowest BCUT2D eigenvalue weighted by atomic mass is 10.1. The summed E-state index contributed by atoms with van der Waals surface area (Å²) < 4.78 is 16.1. The lowest BCUT2D eigenvalue weighted by Gasteiger charge is -2.16. The number of anilines is 1. The maximum atomic E-state index is 5.47. The molecule has 0 spiro atoms. The fraction of sp³-hybridized carbons (Fsp3) is 0.312. The number of hydrogen-bond donors (Lipinski definition) is 1. The van der Waals surface area contributed by atoms with Gasteiger partial charge in [0, 0.05) is 18.3 Å². The van der Waals surface area contributed by atoms with Gasteiger partial charge in [-0.25, -0.2) is 0 Å². The number of rotatable bonds is 6. The van der Waals surface area contributed by atoms with Crippen LogP contribution in [-0.2, 0) is 6.54 Å². The van der Waals surface area contributed by atoms with Crippen LogP contribution in [0.2, 0.25) is 0 Å². The van der Waals surface area contributed by atoms with Crippen LogP contribution < -0.4 is 19.5 Å². The van der Waals surface area contributed by atoms with E-state index in [4.69, 9.17) is 14.2 Å². The van der Waals surface area contributed by atoms with Crippen LogP contribution in [0.3, 0.4) is 0 Å². The molecule has 0 saturated heterocycles. The molecule has 1 N–H and O–H groups in total. The van der Waals surface area contributed by atoms with Crippen LogP contribution in [0, 0.1) is 6.92 Å². The maximum absolute atomic E-state index is 5.47. The molecule has 0 atom stereocenters. The first-order chi connectivity index (χ1) is 10.2. The van der Waals surface area contributed by atoms with E-state index in [1.54, 1.807) is 27.5 Å². The van der Waals surface area contributed by atoms with Crippen molar-refractivity contribution in [1.29, 1.82) is 0 Å². The summed E-state index contributed by atoms with van der Waals surface area (Å²) >= 11 is 0. The Kier molecular flexibility index (Phi) is 4.87. The number of pyridine rings is 1. The normalized spacial score (nSPS) is 10.1. The first-order valence-corrected chi connectivity index (χ1v) is 6.63. The summed E-state index contributed by atoms with van der Waals surface area (Å²) in [5, 5.41) is 3.35. The molecule has 0 saturated carbocycles. The summed E-state index contributed by atoms with van der Waals surface area (Å²) in [6.45, 7) is 2.64. The molecule has 21 heavy (non-hydrogen) atoms. The number of benzene rings is 1. The van der Waals surface area contributed by atoms with Crippen molar-refractivity contribution >= 4 is 5.69 Å². The number of hydrogen-bond acceptors (Lipinski definition) is 5. The SMILES string of the molecule is COc1ccc(CNc2cnccc2C)c(OC)c1OC. The molecule has 0 aliphatic rings. The number of aromatic nitrogens is 1. The summed E-state index contributed by atoms with van der Waals surface area (Å²) in [6.07, 6.45) is 3.58.